The standard InChI is InChI=1S/C14H14ClNO4/c1-4-20-14(19)8(3)16-11-7(2)5-9(15)6-10(11)12(17)13(16)18/h5-6,8H,4H2,1-3H3. The van der Waals surface area contributed by atoms with Crippen LogP contribution in [-0.4, -0.2) is 30.3 Å². The SMILES string of the molecule is CCOC(=O)C(C)N1C(=O)C(=O)c2cc(Cl)cc(C)c21. The quantitative estimate of drug-likeness (QED) is 0.633. The first-order valence-corrected chi connectivity index (χ1v) is 6.61. The van der Waals surface area contributed by atoms with Crippen molar-refractivity contribution >= 4 is 34.9 Å². The number of fused-ring (bicyclic) bond motifs is 1. The number of Topliss-reactive ketones (excluding diaryl/α,β-unsaturated/α-hetero) is 1. The Kier molecular flexibility index (Phi) is 3.81. The van der Waals surface area contributed by atoms with Crippen LogP contribution in [0.1, 0.15) is 29.8 Å². The van der Waals surface area contributed by atoms with Gasteiger partial charge in [0.15, 0.2) is 0 Å². The lowest BCUT2D eigenvalue weighted by atomic mass is 10.1. The van der Waals surface area contributed by atoms with E-state index >= 15 is 0 Å². The first kappa shape index (κ1) is 14.5. The van der Waals surface area contributed by atoms with Gasteiger partial charge in [-0.2, -0.15) is 0 Å². The van der Waals surface area contributed by atoms with Crippen molar-refractivity contribution in [2.24, 2.45) is 0 Å². The number of amides is 1. The maximum atomic E-state index is 12.1. The molecular weight excluding hydrogens is 282 g/mol. The maximum absolute atomic E-state index is 12.1. The van der Waals surface area contributed by atoms with Crippen LogP contribution in [0.2, 0.25) is 5.02 Å². The monoisotopic (exact) mass is 295 g/mol. The molecule has 1 heterocycles. The van der Waals surface area contributed by atoms with Gasteiger partial charge < -0.3 is 4.74 Å². The molecule has 0 saturated heterocycles. The van der Waals surface area contributed by atoms with Crippen LogP contribution in [0, 0.1) is 6.92 Å². The second kappa shape index (κ2) is 5.25. The lowest BCUT2D eigenvalue weighted by Crippen LogP contribution is -2.43. The number of halogens is 1. The van der Waals surface area contributed by atoms with Gasteiger partial charge in [-0.1, -0.05) is 11.6 Å². The summed E-state index contributed by atoms with van der Waals surface area (Å²) in [6.45, 7) is 5.17. The fraction of sp³-hybridized carbons (Fsp3) is 0.357. The zero-order valence-corrected chi connectivity index (χ0v) is 12.2. The first-order chi connectivity index (χ1) is 9.38. The number of carbonyl (C=O) groups is 3. The summed E-state index contributed by atoms with van der Waals surface area (Å²) in [7, 11) is 0. The number of ketones is 1. The Morgan fingerprint density at radius 1 is 1.40 bits per heavy atom. The van der Waals surface area contributed by atoms with Crippen LogP contribution in [-0.2, 0) is 14.3 Å². The summed E-state index contributed by atoms with van der Waals surface area (Å²) >= 11 is 5.91. The van der Waals surface area contributed by atoms with Crippen molar-refractivity contribution in [3.8, 4) is 0 Å². The van der Waals surface area contributed by atoms with E-state index in [2.05, 4.69) is 0 Å². The van der Waals surface area contributed by atoms with Crippen LogP contribution >= 0.6 is 11.6 Å². The smallest absolute Gasteiger partial charge is 0.328 e. The fourth-order valence-corrected chi connectivity index (χ4v) is 2.57. The molecule has 0 radical (unpaired) electrons. The van der Waals surface area contributed by atoms with Crippen molar-refractivity contribution in [3.63, 3.8) is 0 Å². The maximum Gasteiger partial charge on any atom is 0.328 e. The van der Waals surface area contributed by atoms with Gasteiger partial charge in [-0.05, 0) is 38.5 Å². The van der Waals surface area contributed by atoms with Gasteiger partial charge in [-0.15, -0.1) is 0 Å². The molecule has 2 rings (SSSR count). The number of nitrogens with zero attached hydrogens (tertiary/aromatic N) is 1. The second-order valence-corrected chi connectivity index (χ2v) is 4.99. The van der Waals surface area contributed by atoms with E-state index in [4.69, 9.17) is 16.3 Å². The summed E-state index contributed by atoms with van der Waals surface area (Å²) in [6.07, 6.45) is 0. The highest BCUT2D eigenvalue weighted by molar-refractivity contribution is 6.53. The molecule has 0 spiro atoms. The van der Waals surface area contributed by atoms with Crippen molar-refractivity contribution in [1.29, 1.82) is 0 Å². The van der Waals surface area contributed by atoms with Gasteiger partial charge in [0.1, 0.15) is 6.04 Å². The molecule has 0 N–H and O–H groups in total. The van der Waals surface area contributed by atoms with E-state index in [1.165, 1.54) is 17.9 Å². The lowest BCUT2D eigenvalue weighted by Gasteiger charge is -2.24. The molecule has 6 heteroatoms. The van der Waals surface area contributed by atoms with E-state index < -0.39 is 23.7 Å². The number of carbonyl (C=O) groups excluding carboxylic acids is 3. The van der Waals surface area contributed by atoms with E-state index in [9.17, 15) is 14.4 Å². The Morgan fingerprint density at radius 2 is 2.05 bits per heavy atom. The summed E-state index contributed by atoms with van der Waals surface area (Å²) in [5.74, 6) is -1.93. The van der Waals surface area contributed by atoms with E-state index in [-0.39, 0.29) is 12.2 Å². The molecular formula is C14H14ClNO4. The molecule has 1 aliphatic heterocycles. The average molecular weight is 296 g/mol. The number of hydrogen-bond donors (Lipinski definition) is 0. The molecule has 1 aromatic carbocycles. The molecule has 5 nitrogen and oxygen atoms in total. The normalized spacial score (nSPS) is 15.3. The molecule has 0 bridgehead atoms. The summed E-state index contributed by atoms with van der Waals surface area (Å²) in [5.41, 5.74) is 1.34. The van der Waals surface area contributed by atoms with Gasteiger partial charge >= 0.3 is 5.97 Å². The fourth-order valence-electron chi connectivity index (χ4n) is 2.29. The number of esters is 1. The summed E-state index contributed by atoms with van der Waals surface area (Å²) < 4.78 is 4.91. The number of aryl methyl sites for hydroxylation is 1. The first-order valence-electron chi connectivity index (χ1n) is 6.23. The largest absolute Gasteiger partial charge is 0.464 e. The predicted octanol–water partition coefficient (Wildman–Crippen LogP) is 2.13. The number of hydrogen-bond acceptors (Lipinski definition) is 4. The minimum absolute atomic E-state index is 0.214. The Labute approximate surface area is 121 Å². The molecule has 20 heavy (non-hydrogen) atoms. The van der Waals surface area contributed by atoms with Gasteiger partial charge in [0, 0.05) is 5.02 Å². The van der Waals surface area contributed by atoms with Crippen LogP contribution in [0.4, 0.5) is 5.69 Å². The predicted molar refractivity (Wildman–Crippen MR) is 74.1 cm³/mol. The highest BCUT2D eigenvalue weighted by atomic mass is 35.5. The van der Waals surface area contributed by atoms with Gasteiger partial charge in [0.2, 0.25) is 0 Å². The Morgan fingerprint density at radius 3 is 2.65 bits per heavy atom. The third-order valence-electron chi connectivity index (χ3n) is 3.18. The van der Waals surface area contributed by atoms with Crippen molar-refractivity contribution < 1.29 is 19.1 Å². The molecule has 0 aromatic heterocycles. The third-order valence-corrected chi connectivity index (χ3v) is 3.40. The second-order valence-electron chi connectivity index (χ2n) is 4.55. The van der Waals surface area contributed by atoms with Gasteiger partial charge in [-0.3, -0.25) is 14.5 Å². The van der Waals surface area contributed by atoms with E-state index in [1.807, 2.05) is 0 Å². The zero-order chi connectivity index (χ0) is 15.0. The van der Waals surface area contributed by atoms with Crippen LogP contribution < -0.4 is 4.90 Å². The Bertz CT molecular complexity index is 611. The molecule has 0 fully saturated rings. The molecule has 1 amide bonds. The minimum Gasteiger partial charge on any atom is -0.464 e. The third kappa shape index (κ3) is 2.18. The van der Waals surface area contributed by atoms with E-state index in [0.29, 0.717) is 16.3 Å². The number of ether oxygens (including phenoxy) is 1. The zero-order valence-electron chi connectivity index (χ0n) is 11.4. The van der Waals surface area contributed by atoms with Crippen molar-refractivity contribution in [2.45, 2.75) is 26.8 Å². The molecule has 1 unspecified atom stereocenters. The highest BCUT2D eigenvalue weighted by Gasteiger charge is 2.42. The van der Waals surface area contributed by atoms with Crippen LogP contribution in [0.15, 0.2) is 12.1 Å². The summed E-state index contributed by atoms with van der Waals surface area (Å²) in [5, 5.41) is 0.382. The van der Waals surface area contributed by atoms with Gasteiger partial charge in [-0.25, -0.2) is 4.79 Å². The average Bonchev–Trinajstić information content (AvgIpc) is 2.63. The van der Waals surface area contributed by atoms with Crippen LogP contribution in [0.3, 0.4) is 0 Å². The molecule has 0 saturated carbocycles. The number of rotatable bonds is 3. The van der Waals surface area contributed by atoms with E-state index in [0.717, 1.165) is 0 Å². The molecule has 106 valence electrons. The van der Waals surface area contributed by atoms with Crippen LogP contribution in [0.5, 0.6) is 0 Å². The minimum atomic E-state index is -0.854. The molecule has 1 aromatic rings. The molecule has 1 atom stereocenters. The topological polar surface area (TPSA) is 63.7 Å². The molecule has 0 aliphatic carbocycles. The van der Waals surface area contributed by atoms with E-state index in [1.54, 1.807) is 19.9 Å². The Hall–Kier alpha value is -1.88. The summed E-state index contributed by atoms with van der Waals surface area (Å²) in [4.78, 5) is 37.1. The number of benzene rings is 1. The van der Waals surface area contributed by atoms with Crippen molar-refractivity contribution in [2.75, 3.05) is 11.5 Å². The highest BCUT2D eigenvalue weighted by Crippen LogP contribution is 2.36. The van der Waals surface area contributed by atoms with Crippen molar-refractivity contribution in [1.82, 2.24) is 0 Å². The summed E-state index contributed by atoms with van der Waals surface area (Å²) in [6, 6.07) is 2.24. The molecule has 1 aliphatic rings. The van der Waals surface area contributed by atoms with Gasteiger partial charge in [0.05, 0.1) is 17.9 Å². The van der Waals surface area contributed by atoms with Crippen molar-refractivity contribution in [3.05, 3.63) is 28.3 Å². The van der Waals surface area contributed by atoms with Crippen LogP contribution in [0.25, 0.3) is 0 Å². The lowest BCUT2D eigenvalue weighted by molar-refractivity contribution is -0.145. The Balaban J connectivity index is 2.51. The number of anilines is 1. The van der Waals surface area contributed by atoms with Gasteiger partial charge in [0.25, 0.3) is 11.7 Å².